The van der Waals surface area contributed by atoms with Gasteiger partial charge in [0.05, 0.1) is 11.6 Å². The molecule has 1 aromatic carbocycles. The lowest BCUT2D eigenvalue weighted by atomic mass is 9.97. The van der Waals surface area contributed by atoms with Gasteiger partial charge in [-0.05, 0) is 43.9 Å². The highest BCUT2D eigenvalue weighted by molar-refractivity contribution is 6.34. The van der Waals surface area contributed by atoms with Gasteiger partial charge in [-0.25, -0.2) is 0 Å². The van der Waals surface area contributed by atoms with E-state index in [1.807, 2.05) is 19.1 Å². The Labute approximate surface area is 132 Å². The van der Waals surface area contributed by atoms with Gasteiger partial charge < -0.3 is 10.1 Å². The van der Waals surface area contributed by atoms with E-state index in [0.29, 0.717) is 28.3 Å². The molecule has 0 saturated carbocycles. The first kappa shape index (κ1) is 17.6. The monoisotopic (exact) mass is 317 g/mol. The molecule has 0 radical (unpaired) electrons. The maximum atomic E-state index is 6.40. The standard InChI is InChI=1S/C16H25Cl2NO/c1-5-19-15(8-7-11(3)4)12-9-14(18)16(20-6-2)10-13(12)17/h9-11,15,19H,5-8H2,1-4H3. The molecule has 1 rings (SSSR count). The largest absolute Gasteiger partial charge is 0.492 e. The predicted molar refractivity (Wildman–Crippen MR) is 88.1 cm³/mol. The summed E-state index contributed by atoms with van der Waals surface area (Å²) in [6.07, 6.45) is 2.20. The van der Waals surface area contributed by atoms with E-state index in [0.717, 1.165) is 24.9 Å². The third-order valence-corrected chi connectivity index (χ3v) is 3.83. The van der Waals surface area contributed by atoms with Crippen LogP contribution in [0, 0.1) is 5.92 Å². The van der Waals surface area contributed by atoms with Crippen LogP contribution in [0.4, 0.5) is 0 Å². The summed E-state index contributed by atoms with van der Waals surface area (Å²) in [5.41, 5.74) is 1.06. The summed E-state index contributed by atoms with van der Waals surface area (Å²) in [6.45, 7) is 9.99. The summed E-state index contributed by atoms with van der Waals surface area (Å²) >= 11 is 12.7. The van der Waals surface area contributed by atoms with Gasteiger partial charge >= 0.3 is 0 Å². The maximum Gasteiger partial charge on any atom is 0.139 e. The van der Waals surface area contributed by atoms with E-state index in [1.54, 1.807) is 0 Å². The third kappa shape index (κ3) is 5.16. The van der Waals surface area contributed by atoms with Crippen molar-refractivity contribution in [2.24, 2.45) is 5.92 Å². The highest BCUT2D eigenvalue weighted by atomic mass is 35.5. The summed E-state index contributed by atoms with van der Waals surface area (Å²) in [7, 11) is 0. The van der Waals surface area contributed by atoms with Crippen molar-refractivity contribution in [3.05, 3.63) is 27.7 Å². The van der Waals surface area contributed by atoms with Crippen LogP contribution < -0.4 is 10.1 Å². The average molecular weight is 318 g/mol. The molecule has 1 unspecified atom stereocenters. The first-order valence-corrected chi connectivity index (χ1v) is 8.10. The molecule has 0 bridgehead atoms. The van der Waals surface area contributed by atoms with Crippen molar-refractivity contribution in [2.45, 2.75) is 46.6 Å². The van der Waals surface area contributed by atoms with Crippen molar-refractivity contribution < 1.29 is 4.74 Å². The lowest BCUT2D eigenvalue weighted by Crippen LogP contribution is -2.21. The molecule has 0 fully saturated rings. The summed E-state index contributed by atoms with van der Waals surface area (Å²) in [5, 5.41) is 4.83. The molecule has 0 aromatic heterocycles. The molecule has 4 heteroatoms. The van der Waals surface area contributed by atoms with Gasteiger partial charge in [0.15, 0.2) is 0 Å². The van der Waals surface area contributed by atoms with E-state index in [4.69, 9.17) is 27.9 Å². The molecule has 0 saturated heterocycles. The molecule has 2 nitrogen and oxygen atoms in total. The van der Waals surface area contributed by atoms with E-state index in [2.05, 4.69) is 26.1 Å². The van der Waals surface area contributed by atoms with Crippen molar-refractivity contribution in [1.29, 1.82) is 0 Å². The molecule has 0 aliphatic rings. The zero-order valence-electron chi connectivity index (χ0n) is 12.8. The fraction of sp³-hybridized carbons (Fsp3) is 0.625. The van der Waals surface area contributed by atoms with Crippen LogP contribution >= 0.6 is 23.2 Å². The van der Waals surface area contributed by atoms with E-state index < -0.39 is 0 Å². The molecule has 0 spiro atoms. The van der Waals surface area contributed by atoms with Crippen molar-refractivity contribution in [3.63, 3.8) is 0 Å². The van der Waals surface area contributed by atoms with E-state index in [-0.39, 0.29) is 6.04 Å². The van der Waals surface area contributed by atoms with Gasteiger partial charge in [-0.1, -0.05) is 44.0 Å². The van der Waals surface area contributed by atoms with Crippen molar-refractivity contribution in [2.75, 3.05) is 13.2 Å². The van der Waals surface area contributed by atoms with Crippen LogP contribution in [-0.2, 0) is 0 Å². The molecular formula is C16H25Cl2NO. The number of halogens is 2. The number of hydrogen-bond donors (Lipinski definition) is 1. The predicted octanol–water partition coefficient (Wildman–Crippen LogP) is 5.48. The Hall–Kier alpha value is -0.440. The summed E-state index contributed by atoms with van der Waals surface area (Å²) in [4.78, 5) is 0. The first-order valence-electron chi connectivity index (χ1n) is 7.34. The molecule has 0 heterocycles. The molecule has 0 aliphatic carbocycles. The zero-order chi connectivity index (χ0) is 15.1. The first-order chi connectivity index (χ1) is 9.49. The number of hydrogen-bond acceptors (Lipinski definition) is 2. The van der Waals surface area contributed by atoms with Crippen LogP contribution in [0.25, 0.3) is 0 Å². The maximum absolute atomic E-state index is 6.40. The highest BCUT2D eigenvalue weighted by Crippen LogP contribution is 2.35. The van der Waals surface area contributed by atoms with E-state index >= 15 is 0 Å². The van der Waals surface area contributed by atoms with Crippen LogP contribution in [0.1, 0.15) is 52.1 Å². The number of rotatable bonds is 8. The Kier molecular flexibility index (Phi) is 7.71. The second kappa shape index (κ2) is 8.76. The Morgan fingerprint density at radius 2 is 1.80 bits per heavy atom. The zero-order valence-corrected chi connectivity index (χ0v) is 14.3. The molecule has 20 heavy (non-hydrogen) atoms. The van der Waals surface area contributed by atoms with Crippen LogP contribution in [0.3, 0.4) is 0 Å². The fourth-order valence-electron chi connectivity index (χ4n) is 2.19. The minimum atomic E-state index is 0.239. The Balaban J connectivity index is 2.97. The van der Waals surface area contributed by atoms with Gasteiger partial charge in [-0.15, -0.1) is 0 Å². The van der Waals surface area contributed by atoms with Gasteiger partial charge in [0.1, 0.15) is 5.75 Å². The average Bonchev–Trinajstić information content (AvgIpc) is 2.39. The van der Waals surface area contributed by atoms with Crippen molar-refractivity contribution >= 4 is 23.2 Å². The summed E-state index contributed by atoms with van der Waals surface area (Å²) in [6, 6.07) is 3.99. The van der Waals surface area contributed by atoms with Crippen LogP contribution in [-0.4, -0.2) is 13.2 Å². The number of nitrogens with one attached hydrogen (secondary N) is 1. The van der Waals surface area contributed by atoms with Gasteiger partial charge in [0.2, 0.25) is 0 Å². The van der Waals surface area contributed by atoms with Gasteiger partial charge in [-0.3, -0.25) is 0 Å². The van der Waals surface area contributed by atoms with Gasteiger partial charge in [0, 0.05) is 17.1 Å². The molecular weight excluding hydrogens is 293 g/mol. The fourth-order valence-corrected chi connectivity index (χ4v) is 2.70. The smallest absolute Gasteiger partial charge is 0.139 e. The third-order valence-electron chi connectivity index (χ3n) is 3.21. The Bertz CT molecular complexity index is 421. The molecule has 1 aromatic rings. The SMILES string of the molecule is CCNC(CCC(C)C)c1cc(Cl)c(OCC)cc1Cl. The Morgan fingerprint density at radius 3 is 2.35 bits per heavy atom. The van der Waals surface area contributed by atoms with Crippen LogP contribution in [0.5, 0.6) is 5.75 Å². The molecule has 1 N–H and O–H groups in total. The van der Waals surface area contributed by atoms with Crippen LogP contribution in [0.15, 0.2) is 12.1 Å². The number of benzene rings is 1. The molecule has 114 valence electrons. The van der Waals surface area contributed by atoms with Gasteiger partial charge in [0.25, 0.3) is 0 Å². The highest BCUT2D eigenvalue weighted by Gasteiger charge is 2.17. The summed E-state index contributed by atoms with van der Waals surface area (Å²) < 4.78 is 5.47. The van der Waals surface area contributed by atoms with Crippen molar-refractivity contribution in [1.82, 2.24) is 5.32 Å². The molecule has 0 amide bonds. The minimum absolute atomic E-state index is 0.239. The van der Waals surface area contributed by atoms with E-state index in [9.17, 15) is 0 Å². The quantitative estimate of drug-likeness (QED) is 0.685. The Morgan fingerprint density at radius 1 is 1.10 bits per heavy atom. The molecule has 0 aliphatic heterocycles. The van der Waals surface area contributed by atoms with Crippen molar-refractivity contribution in [3.8, 4) is 5.75 Å². The van der Waals surface area contributed by atoms with Crippen LogP contribution in [0.2, 0.25) is 10.0 Å². The van der Waals surface area contributed by atoms with E-state index in [1.165, 1.54) is 0 Å². The minimum Gasteiger partial charge on any atom is -0.492 e. The normalized spacial score (nSPS) is 12.8. The topological polar surface area (TPSA) is 21.3 Å². The second-order valence-corrected chi connectivity index (χ2v) is 6.13. The second-order valence-electron chi connectivity index (χ2n) is 5.32. The summed E-state index contributed by atoms with van der Waals surface area (Å²) in [5.74, 6) is 1.33. The number of ether oxygens (including phenoxy) is 1. The molecule has 1 atom stereocenters. The van der Waals surface area contributed by atoms with Gasteiger partial charge in [-0.2, -0.15) is 0 Å². The lowest BCUT2D eigenvalue weighted by molar-refractivity contribution is 0.340. The lowest BCUT2D eigenvalue weighted by Gasteiger charge is -2.21.